The smallest absolute Gasteiger partial charge is 0.255 e. The number of amides is 1. The number of aryl methyl sites for hydroxylation is 2. The molecule has 2 heterocycles. The Labute approximate surface area is 157 Å². The molecule has 0 fully saturated rings. The number of benzene rings is 2. The highest BCUT2D eigenvalue weighted by Gasteiger charge is 2.15. The molecule has 0 unspecified atom stereocenters. The van der Waals surface area contributed by atoms with Crippen LogP contribution in [0.3, 0.4) is 0 Å². The average molecular weight is 357 g/mol. The van der Waals surface area contributed by atoms with Crippen LogP contribution in [0.2, 0.25) is 0 Å². The minimum absolute atomic E-state index is 0.138. The SMILES string of the molecule is Cc1cc(C)cc(C(=O)Nc2cccc(-c3nc4ncccc4o3)c2C)c1. The predicted octanol–water partition coefficient (Wildman–Crippen LogP) is 5.07. The highest BCUT2D eigenvalue weighted by Crippen LogP contribution is 2.30. The quantitative estimate of drug-likeness (QED) is 0.556. The van der Waals surface area contributed by atoms with E-state index < -0.39 is 0 Å². The van der Waals surface area contributed by atoms with Gasteiger partial charge in [0.25, 0.3) is 5.91 Å². The molecule has 4 rings (SSSR count). The third-order valence-corrected chi connectivity index (χ3v) is 4.46. The Morgan fingerprint density at radius 3 is 2.52 bits per heavy atom. The van der Waals surface area contributed by atoms with Gasteiger partial charge in [-0.05, 0) is 62.7 Å². The molecule has 0 aliphatic rings. The number of nitrogens with one attached hydrogen (secondary N) is 1. The number of anilines is 1. The molecule has 0 atom stereocenters. The second-order valence-corrected chi connectivity index (χ2v) is 6.65. The summed E-state index contributed by atoms with van der Waals surface area (Å²) in [6, 6.07) is 15.1. The Bertz CT molecular complexity index is 1110. The fraction of sp³-hybridized carbons (Fsp3) is 0.136. The molecular formula is C22H19N3O2. The summed E-state index contributed by atoms with van der Waals surface area (Å²) in [5.41, 5.74) is 6.41. The van der Waals surface area contributed by atoms with Crippen molar-refractivity contribution in [1.29, 1.82) is 0 Å². The Balaban J connectivity index is 1.68. The first-order chi connectivity index (χ1) is 13.0. The lowest BCUT2D eigenvalue weighted by atomic mass is 10.0. The first-order valence-corrected chi connectivity index (χ1v) is 8.72. The van der Waals surface area contributed by atoms with E-state index in [0.717, 1.165) is 27.9 Å². The number of aromatic nitrogens is 2. The molecule has 0 aliphatic heterocycles. The van der Waals surface area contributed by atoms with Crippen molar-refractivity contribution in [2.45, 2.75) is 20.8 Å². The highest BCUT2D eigenvalue weighted by atomic mass is 16.3. The Morgan fingerprint density at radius 2 is 1.78 bits per heavy atom. The zero-order valence-corrected chi connectivity index (χ0v) is 15.4. The molecule has 0 bridgehead atoms. The van der Waals surface area contributed by atoms with Gasteiger partial charge >= 0.3 is 0 Å². The van der Waals surface area contributed by atoms with E-state index in [1.807, 2.05) is 69.3 Å². The van der Waals surface area contributed by atoms with Gasteiger partial charge in [-0.2, -0.15) is 4.98 Å². The van der Waals surface area contributed by atoms with Crippen molar-refractivity contribution in [3.8, 4) is 11.5 Å². The molecule has 0 aliphatic carbocycles. The zero-order valence-electron chi connectivity index (χ0n) is 15.4. The first-order valence-electron chi connectivity index (χ1n) is 8.72. The van der Waals surface area contributed by atoms with Crippen LogP contribution in [0, 0.1) is 20.8 Å². The topological polar surface area (TPSA) is 68.0 Å². The van der Waals surface area contributed by atoms with E-state index in [1.165, 1.54) is 0 Å². The fourth-order valence-electron chi connectivity index (χ4n) is 3.19. The number of nitrogens with zero attached hydrogens (tertiary/aromatic N) is 2. The summed E-state index contributed by atoms with van der Waals surface area (Å²) >= 11 is 0. The molecule has 1 amide bonds. The minimum atomic E-state index is -0.138. The van der Waals surface area contributed by atoms with Crippen molar-refractivity contribution < 1.29 is 9.21 Å². The number of carbonyl (C=O) groups is 1. The van der Waals surface area contributed by atoms with Gasteiger partial charge in [-0.25, -0.2) is 4.98 Å². The third kappa shape index (κ3) is 3.31. The van der Waals surface area contributed by atoms with E-state index in [1.54, 1.807) is 6.20 Å². The summed E-state index contributed by atoms with van der Waals surface area (Å²) < 4.78 is 5.82. The van der Waals surface area contributed by atoms with Crippen LogP contribution < -0.4 is 5.32 Å². The summed E-state index contributed by atoms with van der Waals surface area (Å²) in [7, 11) is 0. The Kier molecular flexibility index (Phi) is 4.20. The molecule has 27 heavy (non-hydrogen) atoms. The molecule has 2 aromatic heterocycles. The molecule has 4 aromatic rings. The second-order valence-electron chi connectivity index (χ2n) is 6.65. The lowest BCUT2D eigenvalue weighted by Gasteiger charge is -2.11. The van der Waals surface area contributed by atoms with Crippen LogP contribution in [-0.4, -0.2) is 15.9 Å². The van der Waals surface area contributed by atoms with E-state index >= 15 is 0 Å². The summed E-state index contributed by atoms with van der Waals surface area (Å²) in [5, 5.41) is 3.00. The first kappa shape index (κ1) is 17.0. The van der Waals surface area contributed by atoms with Crippen LogP contribution in [0.25, 0.3) is 22.7 Å². The Hall–Kier alpha value is -3.47. The van der Waals surface area contributed by atoms with E-state index in [2.05, 4.69) is 15.3 Å². The maximum Gasteiger partial charge on any atom is 0.255 e. The average Bonchev–Trinajstić information content (AvgIpc) is 3.06. The molecule has 0 saturated carbocycles. The lowest BCUT2D eigenvalue weighted by Crippen LogP contribution is -2.13. The number of pyridine rings is 1. The summed E-state index contributed by atoms with van der Waals surface area (Å²) in [6.07, 6.45) is 1.68. The summed E-state index contributed by atoms with van der Waals surface area (Å²) in [4.78, 5) is 21.4. The molecule has 0 spiro atoms. The largest absolute Gasteiger partial charge is 0.434 e. The standard InChI is InChI=1S/C22H19N3O2/c1-13-10-14(2)12-16(11-13)21(26)24-18-7-4-6-17(15(18)3)22-25-20-19(27-22)8-5-9-23-20/h4-12H,1-3H3,(H,24,26). The van der Waals surface area contributed by atoms with Gasteiger partial charge in [-0.1, -0.05) is 23.3 Å². The van der Waals surface area contributed by atoms with Crippen molar-refractivity contribution in [1.82, 2.24) is 9.97 Å². The molecule has 5 heteroatoms. The van der Waals surface area contributed by atoms with Gasteiger partial charge in [0, 0.05) is 23.0 Å². The van der Waals surface area contributed by atoms with Crippen LogP contribution in [-0.2, 0) is 0 Å². The van der Waals surface area contributed by atoms with E-state index in [0.29, 0.717) is 22.7 Å². The third-order valence-electron chi connectivity index (χ3n) is 4.46. The molecule has 5 nitrogen and oxygen atoms in total. The molecule has 0 saturated heterocycles. The molecule has 134 valence electrons. The molecular weight excluding hydrogens is 338 g/mol. The van der Waals surface area contributed by atoms with Gasteiger partial charge in [0.05, 0.1) is 0 Å². The van der Waals surface area contributed by atoms with Crippen molar-refractivity contribution in [3.05, 3.63) is 77.0 Å². The van der Waals surface area contributed by atoms with Gasteiger partial charge in [0.1, 0.15) is 0 Å². The fourth-order valence-corrected chi connectivity index (χ4v) is 3.19. The highest BCUT2D eigenvalue weighted by molar-refractivity contribution is 6.05. The van der Waals surface area contributed by atoms with Gasteiger partial charge in [0.15, 0.2) is 11.2 Å². The van der Waals surface area contributed by atoms with E-state index in [4.69, 9.17) is 4.42 Å². The Morgan fingerprint density at radius 1 is 1.00 bits per heavy atom. The van der Waals surface area contributed by atoms with E-state index in [-0.39, 0.29) is 5.91 Å². The van der Waals surface area contributed by atoms with Crippen LogP contribution in [0.1, 0.15) is 27.0 Å². The van der Waals surface area contributed by atoms with Crippen molar-refractivity contribution in [2.75, 3.05) is 5.32 Å². The second kappa shape index (κ2) is 6.68. The molecule has 2 aromatic carbocycles. The minimum Gasteiger partial charge on any atom is -0.434 e. The monoisotopic (exact) mass is 357 g/mol. The van der Waals surface area contributed by atoms with Crippen molar-refractivity contribution in [3.63, 3.8) is 0 Å². The van der Waals surface area contributed by atoms with Gasteiger partial charge in [0.2, 0.25) is 5.89 Å². The van der Waals surface area contributed by atoms with Crippen LogP contribution in [0.4, 0.5) is 5.69 Å². The van der Waals surface area contributed by atoms with Crippen LogP contribution in [0.15, 0.2) is 59.1 Å². The zero-order chi connectivity index (χ0) is 19.0. The number of carbonyl (C=O) groups excluding carboxylic acids is 1. The number of rotatable bonds is 3. The molecule has 0 radical (unpaired) electrons. The van der Waals surface area contributed by atoms with Crippen molar-refractivity contribution in [2.24, 2.45) is 0 Å². The van der Waals surface area contributed by atoms with Gasteiger partial charge in [-0.3, -0.25) is 4.79 Å². The lowest BCUT2D eigenvalue weighted by molar-refractivity contribution is 0.102. The van der Waals surface area contributed by atoms with Gasteiger partial charge in [-0.15, -0.1) is 0 Å². The maximum absolute atomic E-state index is 12.7. The van der Waals surface area contributed by atoms with Crippen LogP contribution >= 0.6 is 0 Å². The number of fused-ring (bicyclic) bond motifs is 1. The predicted molar refractivity (Wildman–Crippen MR) is 106 cm³/mol. The van der Waals surface area contributed by atoms with Gasteiger partial charge < -0.3 is 9.73 Å². The summed E-state index contributed by atoms with van der Waals surface area (Å²) in [5.74, 6) is 0.352. The number of hydrogen-bond acceptors (Lipinski definition) is 4. The van der Waals surface area contributed by atoms with E-state index in [9.17, 15) is 4.79 Å². The van der Waals surface area contributed by atoms with Crippen molar-refractivity contribution >= 4 is 22.8 Å². The van der Waals surface area contributed by atoms with Crippen LogP contribution in [0.5, 0.6) is 0 Å². The normalized spacial score (nSPS) is 10.9. The molecule has 1 N–H and O–H groups in total. The maximum atomic E-state index is 12.7. The number of oxazole rings is 1. The number of hydrogen-bond donors (Lipinski definition) is 1. The summed E-state index contributed by atoms with van der Waals surface area (Å²) in [6.45, 7) is 5.91.